The normalized spacial score (nSPS) is 14.8. The van der Waals surface area contributed by atoms with E-state index in [4.69, 9.17) is 10.5 Å². The molecule has 1 atom stereocenters. The van der Waals surface area contributed by atoms with Gasteiger partial charge in [0.2, 0.25) is 5.91 Å². The van der Waals surface area contributed by atoms with Gasteiger partial charge in [-0.05, 0) is 74.8 Å². The van der Waals surface area contributed by atoms with E-state index in [-0.39, 0.29) is 11.9 Å². The van der Waals surface area contributed by atoms with Gasteiger partial charge in [-0.1, -0.05) is 48.0 Å². The van der Waals surface area contributed by atoms with Gasteiger partial charge in [0.05, 0.1) is 18.2 Å². The lowest BCUT2D eigenvalue weighted by molar-refractivity contribution is -0.122. The van der Waals surface area contributed by atoms with Crippen molar-refractivity contribution in [3.05, 3.63) is 90.0 Å². The molecule has 7 heteroatoms. The van der Waals surface area contributed by atoms with Crippen LogP contribution in [-0.4, -0.2) is 54.9 Å². The standard InChI is InChI=1S/C30H37N5O2/c1-23-10-14-26(15-11-23)37-27-16-12-25(13-17-27)33-30(31)34(2)28(24-8-4-3-5-9-24)22-29(36)32-18-21-35-19-6-7-20-35/h3-5,8-17,28H,6-7,18-22H2,1-2H3,(H2,31,33)(H,32,36). The van der Waals surface area contributed by atoms with Crippen LogP contribution >= 0.6 is 0 Å². The molecule has 0 aliphatic carbocycles. The van der Waals surface area contributed by atoms with E-state index in [0.29, 0.717) is 24.6 Å². The fourth-order valence-electron chi connectivity index (χ4n) is 4.46. The maximum Gasteiger partial charge on any atom is 0.222 e. The number of nitrogens with two attached hydrogens (primary N) is 1. The highest BCUT2D eigenvalue weighted by atomic mass is 16.5. The molecule has 7 nitrogen and oxygen atoms in total. The van der Waals surface area contributed by atoms with Crippen LogP contribution in [0.4, 0.5) is 5.69 Å². The fourth-order valence-corrected chi connectivity index (χ4v) is 4.46. The molecule has 0 bridgehead atoms. The average molecular weight is 500 g/mol. The van der Waals surface area contributed by atoms with Crippen molar-refractivity contribution in [2.45, 2.75) is 32.2 Å². The summed E-state index contributed by atoms with van der Waals surface area (Å²) in [6.45, 7) is 5.84. The van der Waals surface area contributed by atoms with Crippen molar-refractivity contribution >= 4 is 17.6 Å². The van der Waals surface area contributed by atoms with Crippen LogP contribution in [-0.2, 0) is 4.79 Å². The smallest absolute Gasteiger partial charge is 0.222 e. The summed E-state index contributed by atoms with van der Waals surface area (Å²) >= 11 is 0. The number of guanidine groups is 1. The van der Waals surface area contributed by atoms with Crippen LogP contribution < -0.4 is 15.8 Å². The second kappa shape index (κ2) is 12.9. The second-order valence-electron chi connectivity index (χ2n) is 9.52. The van der Waals surface area contributed by atoms with Gasteiger partial charge in [0.15, 0.2) is 5.96 Å². The van der Waals surface area contributed by atoms with E-state index in [1.807, 2.05) is 97.7 Å². The molecule has 4 rings (SSSR count). The summed E-state index contributed by atoms with van der Waals surface area (Å²) in [6, 6.07) is 25.1. The Morgan fingerprint density at radius 2 is 1.62 bits per heavy atom. The van der Waals surface area contributed by atoms with Crippen LogP contribution in [0.2, 0.25) is 0 Å². The minimum Gasteiger partial charge on any atom is -0.457 e. The summed E-state index contributed by atoms with van der Waals surface area (Å²) in [5.74, 6) is 1.85. The van der Waals surface area contributed by atoms with Gasteiger partial charge in [-0.25, -0.2) is 4.99 Å². The molecule has 1 saturated heterocycles. The lowest BCUT2D eigenvalue weighted by atomic mass is 10.0. The predicted octanol–water partition coefficient (Wildman–Crippen LogP) is 5.01. The number of hydrogen-bond acceptors (Lipinski definition) is 4. The fraction of sp³-hybridized carbons (Fsp3) is 0.333. The van der Waals surface area contributed by atoms with Gasteiger partial charge < -0.3 is 25.6 Å². The van der Waals surface area contributed by atoms with Crippen LogP contribution in [0.5, 0.6) is 11.5 Å². The van der Waals surface area contributed by atoms with Crippen LogP contribution in [0.15, 0.2) is 83.9 Å². The number of ether oxygens (including phenoxy) is 1. The lowest BCUT2D eigenvalue weighted by Gasteiger charge is -2.29. The van der Waals surface area contributed by atoms with Crippen molar-refractivity contribution in [3.63, 3.8) is 0 Å². The third kappa shape index (κ3) is 7.82. The Morgan fingerprint density at radius 1 is 1.00 bits per heavy atom. The lowest BCUT2D eigenvalue weighted by Crippen LogP contribution is -2.40. The maximum absolute atomic E-state index is 12.8. The molecule has 37 heavy (non-hydrogen) atoms. The van der Waals surface area contributed by atoms with Crippen LogP contribution in [0.1, 0.15) is 36.4 Å². The highest BCUT2D eigenvalue weighted by Crippen LogP contribution is 2.26. The minimum absolute atomic E-state index is 0.00491. The number of aliphatic imine (C=N–C) groups is 1. The molecule has 194 valence electrons. The molecule has 1 heterocycles. The first kappa shape index (κ1) is 26.2. The first-order valence-electron chi connectivity index (χ1n) is 12.9. The Morgan fingerprint density at radius 3 is 2.27 bits per heavy atom. The number of carbonyl (C=O) groups is 1. The van der Waals surface area contributed by atoms with Gasteiger partial charge >= 0.3 is 0 Å². The molecule has 0 aromatic heterocycles. The third-order valence-corrected chi connectivity index (χ3v) is 6.68. The number of amides is 1. The van der Waals surface area contributed by atoms with Crippen molar-refractivity contribution in [1.29, 1.82) is 0 Å². The second-order valence-corrected chi connectivity index (χ2v) is 9.52. The van der Waals surface area contributed by atoms with E-state index >= 15 is 0 Å². The van der Waals surface area contributed by atoms with Crippen LogP contribution in [0.3, 0.4) is 0 Å². The monoisotopic (exact) mass is 499 g/mol. The van der Waals surface area contributed by atoms with Crippen molar-refractivity contribution in [2.75, 3.05) is 33.2 Å². The molecule has 1 unspecified atom stereocenters. The zero-order valence-corrected chi connectivity index (χ0v) is 21.8. The average Bonchev–Trinajstić information content (AvgIpc) is 3.43. The Balaban J connectivity index is 1.40. The third-order valence-electron chi connectivity index (χ3n) is 6.68. The summed E-state index contributed by atoms with van der Waals surface area (Å²) in [5.41, 5.74) is 9.34. The molecule has 3 aromatic rings. The SMILES string of the molecule is Cc1ccc(Oc2ccc(N=C(N)N(C)C(CC(=O)NCCN3CCCC3)c3ccccc3)cc2)cc1. The molecule has 3 N–H and O–H groups in total. The van der Waals surface area contributed by atoms with Gasteiger partial charge in [-0.2, -0.15) is 0 Å². The molecule has 1 fully saturated rings. The van der Waals surface area contributed by atoms with E-state index in [2.05, 4.69) is 15.2 Å². The number of carbonyl (C=O) groups excluding carboxylic acids is 1. The summed E-state index contributed by atoms with van der Waals surface area (Å²) in [7, 11) is 1.88. The van der Waals surface area contributed by atoms with E-state index in [1.165, 1.54) is 18.4 Å². The first-order chi connectivity index (χ1) is 18.0. The van der Waals surface area contributed by atoms with Gasteiger partial charge in [-0.3, -0.25) is 4.79 Å². The molecule has 0 spiro atoms. The molecular formula is C30H37N5O2. The molecule has 1 aliphatic heterocycles. The minimum atomic E-state index is -0.235. The van der Waals surface area contributed by atoms with Crippen molar-refractivity contribution in [2.24, 2.45) is 10.7 Å². The maximum atomic E-state index is 12.8. The number of hydrogen-bond donors (Lipinski definition) is 2. The Kier molecular flexibility index (Phi) is 9.16. The number of likely N-dealkylation sites (tertiary alicyclic amines) is 1. The van der Waals surface area contributed by atoms with Gasteiger partial charge in [-0.15, -0.1) is 0 Å². The molecule has 0 saturated carbocycles. The van der Waals surface area contributed by atoms with Gasteiger partial charge in [0.1, 0.15) is 11.5 Å². The van der Waals surface area contributed by atoms with E-state index in [0.717, 1.165) is 36.7 Å². The molecular weight excluding hydrogens is 462 g/mol. The zero-order valence-electron chi connectivity index (χ0n) is 21.8. The quantitative estimate of drug-likeness (QED) is 0.303. The number of benzene rings is 3. The summed E-state index contributed by atoms with van der Waals surface area (Å²) in [4.78, 5) is 21.7. The highest BCUT2D eigenvalue weighted by molar-refractivity contribution is 5.83. The summed E-state index contributed by atoms with van der Waals surface area (Å²) < 4.78 is 5.91. The van der Waals surface area contributed by atoms with E-state index in [1.54, 1.807) is 0 Å². The van der Waals surface area contributed by atoms with Gasteiger partial charge in [0, 0.05) is 20.1 Å². The number of rotatable bonds is 10. The highest BCUT2D eigenvalue weighted by Gasteiger charge is 2.22. The van der Waals surface area contributed by atoms with E-state index in [9.17, 15) is 4.79 Å². The number of nitrogens with one attached hydrogen (secondary N) is 1. The van der Waals surface area contributed by atoms with Crippen LogP contribution in [0, 0.1) is 6.92 Å². The van der Waals surface area contributed by atoms with Gasteiger partial charge in [0.25, 0.3) is 0 Å². The zero-order chi connectivity index (χ0) is 26.0. The molecule has 1 amide bonds. The van der Waals surface area contributed by atoms with Crippen molar-refractivity contribution < 1.29 is 9.53 Å². The Labute approximate surface area is 219 Å². The first-order valence-corrected chi connectivity index (χ1v) is 12.9. The number of aryl methyl sites for hydroxylation is 1. The summed E-state index contributed by atoms with van der Waals surface area (Å²) in [5, 5.41) is 3.08. The molecule has 0 radical (unpaired) electrons. The largest absolute Gasteiger partial charge is 0.457 e. The van der Waals surface area contributed by atoms with Crippen molar-refractivity contribution in [1.82, 2.24) is 15.1 Å². The Bertz CT molecular complexity index is 1160. The molecule has 1 aliphatic rings. The number of nitrogens with zero attached hydrogens (tertiary/aromatic N) is 3. The van der Waals surface area contributed by atoms with Crippen LogP contribution in [0.25, 0.3) is 0 Å². The Hall–Kier alpha value is -3.84. The summed E-state index contributed by atoms with van der Waals surface area (Å²) in [6.07, 6.45) is 2.78. The predicted molar refractivity (Wildman–Crippen MR) is 149 cm³/mol. The molecule has 3 aromatic carbocycles. The topological polar surface area (TPSA) is 83.2 Å². The van der Waals surface area contributed by atoms with Crippen molar-refractivity contribution in [3.8, 4) is 11.5 Å². The van der Waals surface area contributed by atoms with E-state index < -0.39 is 0 Å².